The summed E-state index contributed by atoms with van der Waals surface area (Å²) in [6.07, 6.45) is -0.0837. The lowest BCUT2D eigenvalue weighted by atomic mass is 9.75. The normalized spacial score (nSPS) is 13.6. The Morgan fingerprint density at radius 3 is 1.62 bits per heavy atom. The molecule has 0 bridgehead atoms. The number of alkyl halides is 3. The van der Waals surface area contributed by atoms with Gasteiger partial charge in [-0.05, 0) is 78.1 Å². The van der Waals surface area contributed by atoms with Gasteiger partial charge in [0.25, 0.3) is 0 Å². The minimum Gasteiger partial charge on any atom is -0.507 e. The summed E-state index contributed by atoms with van der Waals surface area (Å²) in [5, 5.41) is 23.8. The highest BCUT2D eigenvalue weighted by molar-refractivity contribution is 5.84. The Bertz CT molecular complexity index is 1440. The Hall–Kier alpha value is -3.52. The Kier molecular flexibility index (Phi) is 12.2. The highest BCUT2D eigenvalue weighted by Gasteiger charge is 2.44. The van der Waals surface area contributed by atoms with Gasteiger partial charge in [0.05, 0.1) is 24.8 Å². The van der Waals surface area contributed by atoms with Crippen molar-refractivity contribution < 1.29 is 32.9 Å². The van der Waals surface area contributed by atoms with Gasteiger partial charge in [-0.15, -0.1) is 0 Å². The van der Waals surface area contributed by atoms with Crippen molar-refractivity contribution in [3.05, 3.63) is 88.0 Å². The molecule has 0 aliphatic heterocycles. The topological polar surface area (TPSA) is 71.3 Å². The average molecular weight is 656 g/mol. The first-order valence-electron chi connectivity index (χ1n) is 16.6. The van der Waals surface area contributed by atoms with E-state index in [2.05, 4.69) is 60.4 Å². The van der Waals surface area contributed by atoms with E-state index in [4.69, 9.17) is 9.47 Å². The molecule has 47 heavy (non-hydrogen) atoms. The molecule has 258 valence electrons. The minimum absolute atomic E-state index is 0.111. The molecule has 5 nitrogen and oxygen atoms in total. The molecule has 0 fully saturated rings. The van der Waals surface area contributed by atoms with E-state index in [0.29, 0.717) is 35.8 Å². The molecular formula is C39H52F3NO4. The van der Waals surface area contributed by atoms with Crippen LogP contribution in [0, 0.1) is 0 Å². The number of aromatic hydroxyl groups is 1. The van der Waals surface area contributed by atoms with Gasteiger partial charge in [0.15, 0.2) is 0 Å². The fourth-order valence-electron chi connectivity index (χ4n) is 5.28. The molecule has 3 aromatic rings. The van der Waals surface area contributed by atoms with Crippen molar-refractivity contribution in [1.82, 2.24) is 0 Å². The lowest BCUT2D eigenvalue weighted by Crippen LogP contribution is -2.39. The number of nitrogens with zero attached hydrogens (tertiary/aromatic N) is 1. The fraction of sp³-hybridized carbons (Fsp3) is 0.513. The number of phenolic OH excluding ortho intramolecular Hbond substituents is 1. The van der Waals surface area contributed by atoms with Gasteiger partial charge in [0, 0.05) is 22.9 Å². The predicted molar refractivity (Wildman–Crippen MR) is 184 cm³/mol. The van der Waals surface area contributed by atoms with Crippen molar-refractivity contribution in [2.24, 2.45) is 4.99 Å². The summed E-state index contributed by atoms with van der Waals surface area (Å²) in [4.78, 5) is 4.65. The van der Waals surface area contributed by atoms with Crippen molar-refractivity contribution in [3.63, 3.8) is 0 Å². The van der Waals surface area contributed by atoms with Crippen LogP contribution in [-0.2, 0) is 22.6 Å². The van der Waals surface area contributed by atoms with Crippen LogP contribution in [0.5, 0.6) is 17.2 Å². The van der Waals surface area contributed by atoms with E-state index in [9.17, 15) is 23.4 Å². The van der Waals surface area contributed by atoms with Gasteiger partial charge in [-0.3, -0.25) is 4.99 Å². The van der Waals surface area contributed by atoms with Gasteiger partial charge in [-0.25, -0.2) is 0 Å². The van der Waals surface area contributed by atoms with Crippen LogP contribution >= 0.6 is 0 Å². The predicted octanol–water partition coefficient (Wildman–Crippen LogP) is 10.1. The Morgan fingerprint density at radius 1 is 0.745 bits per heavy atom. The molecule has 0 heterocycles. The molecule has 0 amide bonds. The molecule has 2 N–H and O–H groups in total. The second kappa shape index (κ2) is 15.1. The number of ether oxygens (including phenoxy) is 2. The largest absolute Gasteiger partial charge is 0.507 e. The van der Waals surface area contributed by atoms with Crippen LogP contribution in [0.3, 0.4) is 0 Å². The highest BCUT2D eigenvalue weighted by Crippen LogP contribution is 2.46. The summed E-state index contributed by atoms with van der Waals surface area (Å²) in [7, 11) is 0. The molecule has 3 aromatic carbocycles. The van der Waals surface area contributed by atoms with Gasteiger partial charge < -0.3 is 19.7 Å². The van der Waals surface area contributed by atoms with E-state index in [1.54, 1.807) is 6.92 Å². The molecule has 0 aliphatic carbocycles. The van der Waals surface area contributed by atoms with Crippen LogP contribution in [0.2, 0.25) is 0 Å². The molecule has 0 saturated heterocycles. The van der Waals surface area contributed by atoms with Crippen molar-refractivity contribution >= 4 is 6.21 Å². The molecule has 1 atom stereocenters. The quantitative estimate of drug-likeness (QED) is 0.142. The second-order valence-corrected chi connectivity index (χ2v) is 14.3. The van der Waals surface area contributed by atoms with E-state index < -0.39 is 29.1 Å². The molecule has 8 heteroatoms. The third-order valence-electron chi connectivity index (χ3n) is 8.44. The molecule has 3 rings (SSSR count). The van der Waals surface area contributed by atoms with Crippen LogP contribution in [0.25, 0.3) is 0 Å². The molecule has 0 aromatic heterocycles. The zero-order valence-corrected chi connectivity index (χ0v) is 29.4. The van der Waals surface area contributed by atoms with Crippen LogP contribution in [0.15, 0.2) is 59.6 Å². The molecular weight excluding hydrogens is 603 g/mol. The minimum atomic E-state index is -4.74. The lowest BCUT2D eigenvalue weighted by Gasteiger charge is -2.37. The summed E-state index contributed by atoms with van der Waals surface area (Å²) in [5.74, 6) is 0.0493. The number of hydrogen-bond acceptors (Lipinski definition) is 5. The van der Waals surface area contributed by atoms with Gasteiger partial charge in [-0.1, -0.05) is 86.4 Å². The summed E-state index contributed by atoms with van der Waals surface area (Å²) >= 11 is 0. The maximum atomic E-state index is 13.6. The summed E-state index contributed by atoms with van der Waals surface area (Å²) < 4.78 is 53.4. The molecule has 0 unspecified atom stereocenters. The smallest absolute Gasteiger partial charge is 0.419 e. The number of para-hydroxylation sites is 1. The number of phenols is 1. The van der Waals surface area contributed by atoms with Crippen LogP contribution in [0.4, 0.5) is 13.2 Å². The van der Waals surface area contributed by atoms with E-state index in [1.807, 2.05) is 36.4 Å². The zero-order valence-electron chi connectivity index (χ0n) is 29.4. The monoisotopic (exact) mass is 655 g/mol. The number of rotatable bonds is 13. The first kappa shape index (κ1) is 37.9. The van der Waals surface area contributed by atoms with Crippen molar-refractivity contribution in [2.75, 3.05) is 13.2 Å². The van der Waals surface area contributed by atoms with Crippen molar-refractivity contribution in [3.8, 4) is 17.2 Å². The van der Waals surface area contributed by atoms with E-state index in [1.165, 1.54) is 18.3 Å². The first-order chi connectivity index (χ1) is 21.8. The first-order valence-corrected chi connectivity index (χ1v) is 16.6. The second-order valence-electron chi connectivity index (χ2n) is 14.3. The number of benzene rings is 3. The van der Waals surface area contributed by atoms with Crippen molar-refractivity contribution in [2.45, 2.75) is 117 Å². The third-order valence-corrected chi connectivity index (χ3v) is 8.44. The van der Waals surface area contributed by atoms with Gasteiger partial charge in [-0.2, -0.15) is 13.2 Å². The lowest BCUT2D eigenvalue weighted by molar-refractivity contribution is -0.138. The van der Waals surface area contributed by atoms with E-state index >= 15 is 0 Å². The van der Waals surface area contributed by atoms with Gasteiger partial charge in [0.2, 0.25) is 0 Å². The standard InChI is InChI=1S/C39H52F3NO4/c1-10-12-21-46-33-19-17-28(36(4,5)6)23-31(33)38(45,26(3)43-25-27-15-14-16-30(35(27)44)39(40,41)42)32-24-29(37(7,8)9)18-20-34(32)47-22-13-11-2/h14-20,23-26,44-45H,10-13,21-22H2,1-9H3/t26-/m1/s1. The highest BCUT2D eigenvalue weighted by atomic mass is 19.4. The SMILES string of the molecule is CCCCOc1ccc(C(C)(C)C)cc1C(O)(c1cc(C(C)(C)C)ccc1OCCCC)[C@@H](C)N=Cc1cccc(C(F)(F)F)c1O. The van der Waals surface area contributed by atoms with Crippen LogP contribution in [0.1, 0.15) is 121 Å². The number of unbranched alkanes of at least 4 members (excludes halogenated alkanes) is 2. The molecule has 0 radical (unpaired) electrons. The summed E-state index contributed by atoms with van der Waals surface area (Å²) in [6.45, 7) is 19.2. The average Bonchev–Trinajstić information content (AvgIpc) is 2.98. The number of aliphatic imine (C=N–C) groups is 1. The van der Waals surface area contributed by atoms with Crippen LogP contribution in [-0.4, -0.2) is 35.7 Å². The number of hydrogen-bond donors (Lipinski definition) is 2. The number of halogens is 3. The third kappa shape index (κ3) is 9.10. The van der Waals surface area contributed by atoms with E-state index in [0.717, 1.165) is 42.9 Å². The van der Waals surface area contributed by atoms with Crippen LogP contribution < -0.4 is 9.47 Å². The molecule has 0 saturated carbocycles. The zero-order chi connectivity index (χ0) is 35.2. The Morgan fingerprint density at radius 2 is 1.21 bits per heavy atom. The Labute approximate surface area is 278 Å². The summed E-state index contributed by atoms with van der Waals surface area (Å²) in [5.41, 5.74) is -0.807. The molecule has 0 spiro atoms. The maximum Gasteiger partial charge on any atom is 0.419 e. The molecule has 0 aliphatic rings. The van der Waals surface area contributed by atoms with Gasteiger partial charge in [0.1, 0.15) is 22.8 Å². The van der Waals surface area contributed by atoms with Crippen molar-refractivity contribution in [1.29, 1.82) is 0 Å². The number of aliphatic hydroxyl groups is 1. The Balaban J connectivity index is 2.39. The summed E-state index contributed by atoms with van der Waals surface area (Å²) in [6, 6.07) is 14.0. The van der Waals surface area contributed by atoms with Gasteiger partial charge >= 0.3 is 6.18 Å². The fourth-order valence-corrected chi connectivity index (χ4v) is 5.28. The maximum absolute atomic E-state index is 13.6. The van der Waals surface area contributed by atoms with E-state index in [-0.39, 0.29) is 16.4 Å².